The SMILES string of the molecule is CC(C)n1ncc(Cl)c1-c1cc2n(n1)CCCN2Cc1ccc(-c2nc(C(F)(F)F)cn2CCF)cc1. The third-order valence-electron chi connectivity index (χ3n) is 6.34. The highest BCUT2D eigenvalue weighted by Gasteiger charge is 2.35. The Labute approximate surface area is 216 Å². The van der Waals surface area contributed by atoms with Gasteiger partial charge in [0.1, 0.15) is 29.7 Å². The number of aryl methyl sites for hydroxylation is 2. The Morgan fingerprint density at radius 1 is 1.11 bits per heavy atom. The summed E-state index contributed by atoms with van der Waals surface area (Å²) in [5, 5.41) is 9.72. The largest absolute Gasteiger partial charge is 0.434 e. The lowest BCUT2D eigenvalue weighted by atomic mass is 10.1. The zero-order valence-electron chi connectivity index (χ0n) is 20.4. The lowest BCUT2D eigenvalue weighted by molar-refractivity contribution is -0.140. The van der Waals surface area contributed by atoms with Gasteiger partial charge >= 0.3 is 6.18 Å². The molecule has 196 valence electrons. The zero-order valence-corrected chi connectivity index (χ0v) is 21.1. The standard InChI is InChI=1S/C25H26ClF4N7/c1-16(2)37-23(19(26)13-31-37)20-12-22-34(9-3-10-36(22)33-20)14-17-4-6-18(7-5-17)24-32-21(25(28,29)30)15-35(24)11-8-27/h4-7,12-13,15-16H,3,8-11,14H2,1-2H3. The number of fused-ring (bicyclic) bond motifs is 1. The maximum atomic E-state index is 13.2. The molecule has 0 amide bonds. The van der Waals surface area contributed by atoms with E-state index in [9.17, 15) is 17.6 Å². The fourth-order valence-electron chi connectivity index (χ4n) is 4.62. The topological polar surface area (TPSA) is 56.7 Å². The van der Waals surface area contributed by atoms with Crippen LogP contribution >= 0.6 is 11.6 Å². The van der Waals surface area contributed by atoms with Crippen molar-refractivity contribution in [2.24, 2.45) is 0 Å². The molecule has 0 N–H and O–H groups in total. The van der Waals surface area contributed by atoms with Crippen molar-refractivity contribution in [1.82, 2.24) is 29.1 Å². The summed E-state index contributed by atoms with van der Waals surface area (Å²) in [7, 11) is 0. The van der Waals surface area contributed by atoms with Gasteiger partial charge in [0.15, 0.2) is 5.69 Å². The summed E-state index contributed by atoms with van der Waals surface area (Å²) < 4.78 is 57.5. The van der Waals surface area contributed by atoms with Crippen LogP contribution < -0.4 is 4.90 Å². The molecule has 1 aliphatic rings. The van der Waals surface area contributed by atoms with E-state index in [0.717, 1.165) is 48.5 Å². The second kappa shape index (κ2) is 9.85. The van der Waals surface area contributed by atoms with E-state index >= 15 is 0 Å². The number of benzene rings is 1. The molecule has 7 nitrogen and oxygen atoms in total. The zero-order chi connectivity index (χ0) is 26.3. The molecule has 1 aliphatic heterocycles. The van der Waals surface area contributed by atoms with Gasteiger partial charge in [-0.05, 0) is 25.8 Å². The van der Waals surface area contributed by atoms with Gasteiger partial charge in [-0.2, -0.15) is 23.4 Å². The molecule has 0 radical (unpaired) electrons. The van der Waals surface area contributed by atoms with Crippen molar-refractivity contribution in [3.8, 4) is 22.8 Å². The summed E-state index contributed by atoms with van der Waals surface area (Å²) in [6.45, 7) is 5.30. The van der Waals surface area contributed by atoms with Crippen LogP contribution in [0, 0.1) is 0 Å². The number of imidazole rings is 1. The van der Waals surface area contributed by atoms with Gasteiger partial charge in [0.25, 0.3) is 0 Å². The number of alkyl halides is 4. The molecular formula is C25H26ClF4N7. The first kappa shape index (κ1) is 25.3. The third-order valence-corrected chi connectivity index (χ3v) is 6.62. The second-order valence-corrected chi connectivity index (χ2v) is 9.70. The highest BCUT2D eigenvalue weighted by molar-refractivity contribution is 6.32. The summed E-state index contributed by atoms with van der Waals surface area (Å²) >= 11 is 6.44. The van der Waals surface area contributed by atoms with Crippen LogP contribution in [0.3, 0.4) is 0 Å². The van der Waals surface area contributed by atoms with Gasteiger partial charge in [0.2, 0.25) is 0 Å². The van der Waals surface area contributed by atoms with Crippen LogP contribution in [-0.4, -0.2) is 42.3 Å². The summed E-state index contributed by atoms with van der Waals surface area (Å²) in [6, 6.07) is 9.31. The molecule has 12 heteroatoms. The van der Waals surface area contributed by atoms with Gasteiger partial charge in [-0.25, -0.2) is 14.1 Å². The van der Waals surface area contributed by atoms with Gasteiger partial charge in [-0.3, -0.25) is 4.68 Å². The fourth-order valence-corrected chi connectivity index (χ4v) is 4.85. The lowest BCUT2D eigenvalue weighted by Gasteiger charge is -2.29. The molecule has 0 spiro atoms. The van der Waals surface area contributed by atoms with Crippen molar-refractivity contribution < 1.29 is 17.6 Å². The van der Waals surface area contributed by atoms with Gasteiger partial charge in [0, 0.05) is 43.5 Å². The molecule has 37 heavy (non-hydrogen) atoms. The molecule has 0 fully saturated rings. The van der Waals surface area contributed by atoms with Crippen molar-refractivity contribution in [1.29, 1.82) is 0 Å². The summed E-state index contributed by atoms with van der Waals surface area (Å²) in [5.41, 5.74) is 1.98. The monoisotopic (exact) mass is 535 g/mol. The minimum absolute atomic E-state index is 0.0934. The minimum Gasteiger partial charge on any atom is -0.352 e. The Balaban J connectivity index is 1.39. The first-order valence-corrected chi connectivity index (χ1v) is 12.4. The summed E-state index contributed by atoms with van der Waals surface area (Å²) in [6.07, 6.45) is -1.19. The Morgan fingerprint density at radius 2 is 1.86 bits per heavy atom. The maximum Gasteiger partial charge on any atom is 0.434 e. The highest BCUT2D eigenvalue weighted by Crippen LogP contribution is 2.34. The normalized spacial score (nSPS) is 14.0. The molecule has 0 unspecified atom stereocenters. The van der Waals surface area contributed by atoms with Gasteiger partial charge < -0.3 is 9.47 Å². The van der Waals surface area contributed by atoms with E-state index in [4.69, 9.17) is 16.7 Å². The highest BCUT2D eigenvalue weighted by atomic mass is 35.5. The van der Waals surface area contributed by atoms with Crippen molar-refractivity contribution in [3.05, 3.63) is 59.0 Å². The molecule has 0 atom stereocenters. The van der Waals surface area contributed by atoms with Crippen molar-refractivity contribution in [2.45, 2.75) is 52.1 Å². The lowest BCUT2D eigenvalue weighted by Crippen LogP contribution is -2.31. The second-order valence-electron chi connectivity index (χ2n) is 9.29. The predicted octanol–water partition coefficient (Wildman–Crippen LogP) is 6.24. The van der Waals surface area contributed by atoms with E-state index in [1.165, 1.54) is 4.57 Å². The van der Waals surface area contributed by atoms with Crippen LogP contribution in [0.5, 0.6) is 0 Å². The number of hydrogen-bond donors (Lipinski definition) is 0. The molecule has 0 saturated carbocycles. The fraction of sp³-hybridized carbons (Fsp3) is 0.400. The molecule has 5 rings (SSSR count). The molecular weight excluding hydrogens is 510 g/mol. The summed E-state index contributed by atoms with van der Waals surface area (Å²) in [5.74, 6) is 1.06. The van der Waals surface area contributed by atoms with E-state index in [0.29, 0.717) is 17.1 Å². The number of anilines is 1. The molecule has 0 aliphatic carbocycles. The van der Waals surface area contributed by atoms with Gasteiger partial charge in [0.05, 0.1) is 17.8 Å². The predicted molar refractivity (Wildman–Crippen MR) is 133 cm³/mol. The van der Waals surface area contributed by atoms with Crippen molar-refractivity contribution in [3.63, 3.8) is 0 Å². The minimum atomic E-state index is -4.59. The van der Waals surface area contributed by atoms with Crippen LogP contribution in [0.15, 0.2) is 42.7 Å². The van der Waals surface area contributed by atoms with Gasteiger partial charge in [-0.1, -0.05) is 35.9 Å². The van der Waals surface area contributed by atoms with E-state index < -0.39 is 18.5 Å². The molecule has 1 aromatic carbocycles. The van der Waals surface area contributed by atoms with Crippen molar-refractivity contribution in [2.75, 3.05) is 18.1 Å². The van der Waals surface area contributed by atoms with E-state index in [1.54, 1.807) is 18.3 Å². The molecule has 4 aromatic rings. The first-order chi connectivity index (χ1) is 17.7. The van der Waals surface area contributed by atoms with Crippen LogP contribution in [0.1, 0.15) is 37.6 Å². The Hall–Kier alpha value is -3.34. The average Bonchev–Trinajstić information content (AvgIpc) is 3.56. The Morgan fingerprint density at radius 3 is 2.54 bits per heavy atom. The summed E-state index contributed by atoms with van der Waals surface area (Å²) in [4.78, 5) is 5.94. The quantitative estimate of drug-likeness (QED) is 0.263. The van der Waals surface area contributed by atoms with Crippen LogP contribution in [0.4, 0.5) is 23.4 Å². The molecule has 3 aromatic heterocycles. The van der Waals surface area contributed by atoms with E-state index in [-0.39, 0.29) is 18.4 Å². The number of rotatable bonds is 7. The number of aromatic nitrogens is 6. The van der Waals surface area contributed by atoms with Crippen molar-refractivity contribution >= 4 is 17.4 Å². The first-order valence-electron chi connectivity index (χ1n) is 12.0. The molecule has 4 heterocycles. The maximum absolute atomic E-state index is 13.2. The third kappa shape index (κ3) is 4.96. The Bertz CT molecular complexity index is 1390. The molecule has 0 bridgehead atoms. The van der Waals surface area contributed by atoms with Crippen LogP contribution in [0.2, 0.25) is 5.02 Å². The number of hydrogen-bond acceptors (Lipinski definition) is 4. The number of halogens is 5. The van der Waals surface area contributed by atoms with Crippen LogP contribution in [0.25, 0.3) is 22.8 Å². The smallest absolute Gasteiger partial charge is 0.352 e. The van der Waals surface area contributed by atoms with Gasteiger partial charge in [-0.15, -0.1) is 0 Å². The van der Waals surface area contributed by atoms with E-state index in [2.05, 4.69) is 15.0 Å². The average molecular weight is 536 g/mol. The molecule has 0 saturated heterocycles. The number of nitrogens with zero attached hydrogens (tertiary/aromatic N) is 7. The Kier molecular flexibility index (Phi) is 6.74. The van der Waals surface area contributed by atoms with E-state index in [1.807, 2.05) is 41.4 Å². The van der Waals surface area contributed by atoms with Crippen LogP contribution in [-0.2, 0) is 25.8 Å².